The smallest absolute Gasteiger partial charge is 0.260 e. The summed E-state index contributed by atoms with van der Waals surface area (Å²) in [5, 5.41) is 6.89. The zero-order valence-corrected chi connectivity index (χ0v) is 14.9. The van der Waals surface area contributed by atoms with E-state index in [4.69, 9.17) is 4.52 Å². The Hall–Kier alpha value is -2.47. The highest BCUT2D eigenvalue weighted by atomic mass is 79.9. The molecule has 0 spiro atoms. The molecule has 0 unspecified atom stereocenters. The molecule has 1 heterocycles. The van der Waals surface area contributed by atoms with Gasteiger partial charge in [-0.05, 0) is 40.2 Å². The molecule has 5 nitrogen and oxygen atoms in total. The second kappa shape index (κ2) is 6.97. The Morgan fingerprint density at radius 3 is 2.54 bits per heavy atom. The van der Waals surface area contributed by atoms with E-state index < -0.39 is 0 Å². The number of hydrogen-bond acceptors (Lipinski definition) is 4. The highest BCUT2D eigenvalue weighted by Crippen LogP contribution is 2.28. The minimum absolute atomic E-state index is 0.171. The van der Waals surface area contributed by atoms with E-state index in [0.717, 1.165) is 4.47 Å². The van der Waals surface area contributed by atoms with Crippen LogP contribution in [-0.2, 0) is 0 Å². The summed E-state index contributed by atoms with van der Waals surface area (Å²) in [6.45, 7) is 3.99. The van der Waals surface area contributed by atoms with Crippen LogP contribution in [0, 0.1) is 0 Å². The highest BCUT2D eigenvalue weighted by Gasteiger charge is 2.17. The van der Waals surface area contributed by atoms with Crippen LogP contribution in [0.1, 0.15) is 35.9 Å². The Morgan fingerprint density at radius 1 is 1.12 bits per heavy atom. The van der Waals surface area contributed by atoms with Crippen LogP contribution in [0.3, 0.4) is 0 Å². The lowest BCUT2D eigenvalue weighted by Gasteiger charge is -2.09. The lowest BCUT2D eigenvalue weighted by atomic mass is 10.1. The number of halogens is 1. The SMILES string of the molecule is CC(C)c1noc(-c2ccccc2NC(=O)c2ccccc2Br)n1. The summed E-state index contributed by atoms with van der Waals surface area (Å²) < 4.78 is 6.08. The van der Waals surface area contributed by atoms with Crippen molar-refractivity contribution in [1.29, 1.82) is 0 Å². The summed E-state index contributed by atoms with van der Waals surface area (Å²) in [5.74, 6) is 0.988. The minimum Gasteiger partial charge on any atom is -0.334 e. The maximum Gasteiger partial charge on any atom is 0.260 e. The molecule has 0 saturated heterocycles. The van der Waals surface area contributed by atoms with Gasteiger partial charge in [0.15, 0.2) is 5.82 Å². The van der Waals surface area contributed by atoms with Crippen LogP contribution in [0.4, 0.5) is 5.69 Å². The van der Waals surface area contributed by atoms with Crippen molar-refractivity contribution in [3.63, 3.8) is 0 Å². The average Bonchev–Trinajstić information content (AvgIpc) is 3.06. The summed E-state index contributed by atoms with van der Waals surface area (Å²) >= 11 is 3.39. The largest absolute Gasteiger partial charge is 0.334 e. The predicted molar refractivity (Wildman–Crippen MR) is 95.9 cm³/mol. The number of rotatable bonds is 4. The van der Waals surface area contributed by atoms with Crippen molar-refractivity contribution in [2.24, 2.45) is 0 Å². The number of nitrogens with one attached hydrogen (secondary N) is 1. The molecule has 0 radical (unpaired) electrons. The van der Waals surface area contributed by atoms with E-state index in [0.29, 0.717) is 28.5 Å². The normalized spacial score (nSPS) is 10.8. The molecule has 2 aromatic carbocycles. The van der Waals surface area contributed by atoms with E-state index in [1.807, 2.05) is 56.3 Å². The van der Waals surface area contributed by atoms with Gasteiger partial charge in [0.2, 0.25) is 0 Å². The highest BCUT2D eigenvalue weighted by molar-refractivity contribution is 9.10. The van der Waals surface area contributed by atoms with Crippen LogP contribution >= 0.6 is 15.9 Å². The van der Waals surface area contributed by atoms with Gasteiger partial charge in [-0.15, -0.1) is 0 Å². The van der Waals surface area contributed by atoms with E-state index in [9.17, 15) is 4.79 Å². The maximum absolute atomic E-state index is 12.5. The summed E-state index contributed by atoms with van der Waals surface area (Å²) in [6, 6.07) is 14.6. The third-order valence-electron chi connectivity index (χ3n) is 3.48. The Balaban J connectivity index is 1.92. The summed E-state index contributed by atoms with van der Waals surface area (Å²) in [7, 11) is 0. The Morgan fingerprint density at radius 2 is 1.83 bits per heavy atom. The second-order valence-electron chi connectivity index (χ2n) is 5.59. The average molecular weight is 386 g/mol. The van der Waals surface area contributed by atoms with Gasteiger partial charge in [-0.1, -0.05) is 43.3 Å². The van der Waals surface area contributed by atoms with E-state index in [1.54, 1.807) is 6.07 Å². The first-order valence-electron chi connectivity index (χ1n) is 7.55. The van der Waals surface area contributed by atoms with Gasteiger partial charge in [-0.2, -0.15) is 4.98 Å². The number of carbonyl (C=O) groups excluding carboxylic acids is 1. The molecule has 0 aliphatic carbocycles. The number of aromatic nitrogens is 2. The molecule has 122 valence electrons. The summed E-state index contributed by atoms with van der Waals surface area (Å²) in [5.41, 5.74) is 1.87. The number of para-hydroxylation sites is 1. The fraction of sp³-hybridized carbons (Fsp3) is 0.167. The van der Waals surface area contributed by atoms with Crippen LogP contribution in [-0.4, -0.2) is 16.0 Å². The molecular formula is C18H16BrN3O2. The molecule has 0 aliphatic rings. The fourth-order valence-corrected chi connectivity index (χ4v) is 2.66. The number of benzene rings is 2. The lowest BCUT2D eigenvalue weighted by molar-refractivity contribution is 0.102. The van der Waals surface area contributed by atoms with E-state index in [1.165, 1.54) is 0 Å². The third-order valence-corrected chi connectivity index (χ3v) is 4.17. The molecule has 3 aromatic rings. The minimum atomic E-state index is -0.210. The van der Waals surface area contributed by atoms with Crippen molar-refractivity contribution >= 4 is 27.5 Å². The Kier molecular flexibility index (Phi) is 4.76. The van der Waals surface area contributed by atoms with Crippen LogP contribution in [0.2, 0.25) is 0 Å². The molecule has 3 rings (SSSR count). The molecule has 1 N–H and O–H groups in total. The molecule has 0 fully saturated rings. The van der Waals surface area contributed by atoms with Gasteiger partial charge in [0.05, 0.1) is 16.8 Å². The standard InChI is InChI=1S/C18H16BrN3O2/c1-11(2)16-21-18(24-22-16)13-8-4-6-10-15(13)20-17(23)12-7-3-5-9-14(12)19/h3-11H,1-2H3,(H,20,23). The van der Waals surface area contributed by atoms with Crippen LogP contribution < -0.4 is 5.32 Å². The van der Waals surface area contributed by atoms with Crippen molar-refractivity contribution in [2.75, 3.05) is 5.32 Å². The van der Waals surface area contributed by atoms with Gasteiger partial charge in [0, 0.05) is 10.4 Å². The Bertz CT molecular complexity index is 874. The first kappa shape index (κ1) is 16.4. The number of anilines is 1. The van der Waals surface area contributed by atoms with Crippen molar-refractivity contribution in [3.05, 3.63) is 64.4 Å². The van der Waals surface area contributed by atoms with Crippen molar-refractivity contribution in [2.45, 2.75) is 19.8 Å². The van der Waals surface area contributed by atoms with Gasteiger partial charge in [0.25, 0.3) is 11.8 Å². The first-order valence-corrected chi connectivity index (χ1v) is 8.34. The van der Waals surface area contributed by atoms with Crippen LogP contribution in [0.5, 0.6) is 0 Å². The second-order valence-corrected chi connectivity index (χ2v) is 6.45. The van der Waals surface area contributed by atoms with Gasteiger partial charge in [-0.3, -0.25) is 4.79 Å². The van der Waals surface area contributed by atoms with Gasteiger partial charge >= 0.3 is 0 Å². The molecule has 6 heteroatoms. The first-order chi connectivity index (χ1) is 11.6. The molecule has 0 aliphatic heterocycles. The molecule has 1 aromatic heterocycles. The molecule has 0 bridgehead atoms. The van der Waals surface area contributed by atoms with Gasteiger partial charge < -0.3 is 9.84 Å². The number of nitrogens with zero attached hydrogens (tertiary/aromatic N) is 2. The topological polar surface area (TPSA) is 68.0 Å². The van der Waals surface area contributed by atoms with E-state index >= 15 is 0 Å². The number of carbonyl (C=O) groups is 1. The quantitative estimate of drug-likeness (QED) is 0.694. The molecular weight excluding hydrogens is 370 g/mol. The molecule has 1 amide bonds. The summed E-state index contributed by atoms with van der Waals surface area (Å²) in [4.78, 5) is 16.9. The molecule has 24 heavy (non-hydrogen) atoms. The number of hydrogen-bond donors (Lipinski definition) is 1. The van der Waals surface area contributed by atoms with Gasteiger partial charge in [-0.25, -0.2) is 0 Å². The Labute approximate surface area is 148 Å². The van der Waals surface area contributed by atoms with Crippen LogP contribution in [0.25, 0.3) is 11.5 Å². The monoisotopic (exact) mass is 385 g/mol. The lowest BCUT2D eigenvalue weighted by Crippen LogP contribution is -2.13. The predicted octanol–water partition coefficient (Wildman–Crippen LogP) is 4.87. The van der Waals surface area contributed by atoms with E-state index in [-0.39, 0.29) is 11.8 Å². The zero-order chi connectivity index (χ0) is 17.1. The fourth-order valence-electron chi connectivity index (χ4n) is 2.19. The number of amides is 1. The van der Waals surface area contributed by atoms with Crippen molar-refractivity contribution < 1.29 is 9.32 Å². The maximum atomic E-state index is 12.5. The van der Waals surface area contributed by atoms with Crippen LogP contribution in [0.15, 0.2) is 57.5 Å². The van der Waals surface area contributed by atoms with Crippen molar-refractivity contribution in [3.8, 4) is 11.5 Å². The van der Waals surface area contributed by atoms with Crippen molar-refractivity contribution in [1.82, 2.24) is 10.1 Å². The molecule has 0 atom stereocenters. The summed E-state index contributed by atoms with van der Waals surface area (Å²) in [6.07, 6.45) is 0. The third kappa shape index (κ3) is 3.38. The molecule has 0 saturated carbocycles. The van der Waals surface area contributed by atoms with Gasteiger partial charge in [0.1, 0.15) is 0 Å². The zero-order valence-electron chi connectivity index (χ0n) is 13.3. The van der Waals surface area contributed by atoms with E-state index in [2.05, 4.69) is 31.4 Å².